The summed E-state index contributed by atoms with van der Waals surface area (Å²) in [7, 11) is 1.86. The Balaban J connectivity index is 2.68. The Labute approximate surface area is 120 Å². The molecule has 20 heavy (non-hydrogen) atoms. The third-order valence-corrected chi connectivity index (χ3v) is 3.03. The second-order valence-corrected chi connectivity index (χ2v) is 4.64. The van der Waals surface area contributed by atoms with Crippen molar-refractivity contribution in [3.8, 4) is 0 Å². The average Bonchev–Trinajstić information content (AvgIpc) is 2.43. The van der Waals surface area contributed by atoms with Gasteiger partial charge in [0.15, 0.2) is 0 Å². The summed E-state index contributed by atoms with van der Waals surface area (Å²) in [6.45, 7) is 4.51. The van der Waals surface area contributed by atoms with Gasteiger partial charge in [0.25, 0.3) is 0 Å². The summed E-state index contributed by atoms with van der Waals surface area (Å²) < 4.78 is 0. The van der Waals surface area contributed by atoms with Gasteiger partial charge in [-0.25, -0.2) is 0 Å². The van der Waals surface area contributed by atoms with Gasteiger partial charge in [-0.15, -0.1) is 0 Å². The van der Waals surface area contributed by atoms with Crippen molar-refractivity contribution in [1.29, 1.82) is 0 Å². The van der Waals surface area contributed by atoms with E-state index in [4.69, 9.17) is 0 Å². The quantitative estimate of drug-likeness (QED) is 0.670. The molecule has 0 bridgehead atoms. The summed E-state index contributed by atoms with van der Waals surface area (Å²) in [5, 5.41) is 8.72. The van der Waals surface area contributed by atoms with Crippen molar-refractivity contribution in [3.63, 3.8) is 0 Å². The van der Waals surface area contributed by atoms with Crippen molar-refractivity contribution >= 4 is 23.2 Å². The Morgan fingerprint density at radius 3 is 2.25 bits per heavy atom. The summed E-state index contributed by atoms with van der Waals surface area (Å²) >= 11 is 0. The fourth-order valence-corrected chi connectivity index (χ4v) is 1.78. The van der Waals surface area contributed by atoms with Crippen molar-refractivity contribution in [2.45, 2.75) is 33.1 Å². The van der Waals surface area contributed by atoms with E-state index in [2.05, 4.69) is 16.0 Å². The van der Waals surface area contributed by atoms with Crippen LogP contribution < -0.4 is 16.0 Å². The van der Waals surface area contributed by atoms with Crippen LogP contribution in [0.4, 0.5) is 11.4 Å². The SMILES string of the molecule is CCC(=O)Nc1cccc(NC(=O)CCCNC)c1C. The molecular formula is C15H23N3O2. The van der Waals surface area contributed by atoms with Crippen LogP contribution in [0.5, 0.6) is 0 Å². The number of anilines is 2. The predicted octanol–water partition coefficient (Wildman–Crippen LogP) is 2.28. The number of carbonyl (C=O) groups excluding carboxylic acids is 2. The van der Waals surface area contributed by atoms with Crippen LogP contribution in [0.1, 0.15) is 31.7 Å². The fraction of sp³-hybridized carbons (Fsp3) is 0.467. The Morgan fingerprint density at radius 2 is 1.70 bits per heavy atom. The molecule has 110 valence electrons. The molecule has 0 aromatic heterocycles. The van der Waals surface area contributed by atoms with Crippen LogP contribution in [0.25, 0.3) is 0 Å². The lowest BCUT2D eigenvalue weighted by molar-refractivity contribution is -0.116. The maximum absolute atomic E-state index is 11.8. The number of carbonyl (C=O) groups is 2. The highest BCUT2D eigenvalue weighted by Crippen LogP contribution is 2.23. The average molecular weight is 277 g/mol. The molecule has 0 aliphatic carbocycles. The van der Waals surface area contributed by atoms with E-state index in [1.165, 1.54) is 0 Å². The molecule has 1 rings (SSSR count). The minimum absolute atomic E-state index is 0.0117. The van der Waals surface area contributed by atoms with Gasteiger partial charge >= 0.3 is 0 Å². The van der Waals surface area contributed by atoms with E-state index < -0.39 is 0 Å². The Bertz CT molecular complexity index is 472. The summed E-state index contributed by atoms with van der Waals surface area (Å²) in [4.78, 5) is 23.2. The number of amides is 2. The van der Waals surface area contributed by atoms with Gasteiger partial charge in [0, 0.05) is 24.2 Å². The zero-order valence-electron chi connectivity index (χ0n) is 12.4. The zero-order chi connectivity index (χ0) is 15.0. The summed E-state index contributed by atoms with van der Waals surface area (Å²) in [6, 6.07) is 5.49. The van der Waals surface area contributed by atoms with Gasteiger partial charge < -0.3 is 16.0 Å². The number of nitrogens with one attached hydrogen (secondary N) is 3. The van der Waals surface area contributed by atoms with Gasteiger partial charge in [-0.2, -0.15) is 0 Å². The number of hydrogen-bond acceptors (Lipinski definition) is 3. The van der Waals surface area contributed by atoms with E-state index in [1.54, 1.807) is 6.92 Å². The number of hydrogen-bond donors (Lipinski definition) is 3. The van der Waals surface area contributed by atoms with Crippen molar-refractivity contribution in [2.75, 3.05) is 24.2 Å². The Kier molecular flexibility index (Phi) is 6.73. The van der Waals surface area contributed by atoms with E-state index in [0.717, 1.165) is 29.9 Å². The van der Waals surface area contributed by atoms with Crippen LogP contribution in [0.3, 0.4) is 0 Å². The summed E-state index contributed by atoms with van der Waals surface area (Å²) in [6.07, 6.45) is 1.71. The predicted molar refractivity (Wildman–Crippen MR) is 81.9 cm³/mol. The van der Waals surface area contributed by atoms with E-state index in [1.807, 2.05) is 32.2 Å². The third kappa shape index (κ3) is 5.01. The maximum Gasteiger partial charge on any atom is 0.224 e. The standard InChI is InChI=1S/C15H23N3O2/c1-4-14(19)17-12-7-5-8-13(11(12)2)18-15(20)9-6-10-16-3/h5,7-8,16H,4,6,9-10H2,1-3H3,(H,17,19)(H,18,20). The van der Waals surface area contributed by atoms with Crippen LogP contribution in [-0.2, 0) is 9.59 Å². The molecule has 0 saturated carbocycles. The highest BCUT2D eigenvalue weighted by Gasteiger charge is 2.09. The number of rotatable bonds is 7. The largest absolute Gasteiger partial charge is 0.326 e. The Morgan fingerprint density at radius 1 is 1.10 bits per heavy atom. The van der Waals surface area contributed by atoms with Crippen LogP contribution in [-0.4, -0.2) is 25.4 Å². The smallest absolute Gasteiger partial charge is 0.224 e. The molecule has 0 radical (unpaired) electrons. The maximum atomic E-state index is 11.8. The minimum Gasteiger partial charge on any atom is -0.326 e. The molecule has 0 aliphatic heterocycles. The van der Waals surface area contributed by atoms with Gasteiger partial charge in [0.2, 0.25) is 11.8 Å². The molecule has 0 saturated heterocycles. The molecule has 0 atom stereocenters. The molecule has 0 unspecified atom stereocenters. The van der Waals surface area contributed by atoms with Crippen LogP contribution in [0.2, 0.25) is 0 Å². The lowest BCUT2D eigenvalue weighted by atomic mass is 10.1. The summed E-state index contributed by atoms with van der Waals surface area (Å²) in [5.41, 5.74) is 2.36. The molecule has 1 aromatic carbocycles. The topological polar surface area (TPSA) is 70.2 Å². The molecule has 0 fully saturated rings. The first-order chi connectivity index (χ1) is 9.58. The fourth-order valence-electron chi connectivity index (χ4n) is 1.78. The first-order valence-corrected chi connectivity index (χ1v) is 6.92. The summed E-state index contributed by atoms with van der Waals surface area (Å²) in [5.74, 6) is -0.0482. The third-order valence-electron chi connectivity index (χ3n) is 3.03. The molecular weight excluding hydrogens is 254 g/mol. The molecule has 5 nitrogen and oxygen atoms in total. The zero-order valence-corrected chi connectivity index (χ0v) is 12.4. The van der Waals surface area contributed by atoms with Crippen LogP contribution in [0, 0.1) is 6.92 Å². The Hall–Kier alpha value is -1.88. The first kappa shape index (κ1) is 16.2. The lowest BCUT2D eigenvalue weighted by Gasteiger charge is -2.13. The molecule has 2 amide bonds. The first-order valence-electron chi connectivity index (χ1n) is 6.92. The normalized spacial score (nSPS) is 10.2. The van der Waals surface area contributed by atoms with E-state index in [9.17, 15) is 9.59 Å². The van der Waals surface area contributed by atoms with Crippen LogP contribution in [0.15, 0.2) is 18.2 Å². The van der Waals surface area contributed by atoms with Gasteiger partial charge in [0.05, 0.1) is 0 Å². The molecule has 5 heteroatoms. The van der Waals surface area contributed by atoms with E-state index in [0.29, 0.717) is 12.8 Å². The molecule has 3 N–H and O–H groups in total. The highest BCUT2D eigenvalue weighted by atomic mass is 16.2. The molecule has 0 spiro atoms. The second kappa shape index (κ2) is 8.32. The second-order valence-electron chi connectivity index (χ2n) is 4.64. The molecule has 0 heterocycles. The van der Waals surface area contributed by atoms with Crippen molar-refractivity contribution in [2.24, 2.45) is 0 Å². The van der Waals surface area contributed by atoms with Crippen molar-refractivity contribution in [3.05, 3.63) is 23.8 Å². The number of benzene rings is 1. The minimum atomic E-state index is -0.0365. The van der Waals surface area contributed by atoms with Crippen molar-refractivity contribution in [1.82, 2.24) is 5.32 Å². The van der Waals surface area contributed by atoms with Gasteiger partial charge in [-0.3, -0.25) is 9.59 Å². The highest BCUT2D eigenvalue weighted by molar-refractivity contribution is 5.95. The van der Waals surface area contributed by atoms with Crippen LogP contribution >= 0.6 is 0 Å². The molecule has 1 aromatic rings. The van der Waals surface area contributed by atoms with Gasteiger partial charge in [-0.05, 0) is 44.6 Å². The lowest BCUT2D eigenvalue weighted by Crippen LogP contribution is -2.16. The van der Waals surface area contributed by atoms with Gasteiger partial charge in [0.1, 0.15) is 0 Å². The van der Waals surface area contributed by atoms with E-state index >= 15 is 0 Å². The molecule has 0 aliphatic rings. The van der Waals surface area contributed by atoms with Crippen molar-refractivity contribution < 1.29 is 9.59 Å². The van der Waals surface area contributed by atoms with Gasteiger partial charge in [-0.1, -0.05) is 13.0 Å². The van der Waals surface area contributed by atoms with E-state index in [-0.39, 0.29) is 11.8 Å². The monoisotopic (exact) mass is 277 g/mol.